The van der Waals surface area contributed by atoms with Crippen molar-refractivity contribution in [2.45, 2.75) is 5.03 Å². The Morgan fingerprint density at radius 3 is 2.74 bits per heavy atom. The molecule has 0 aliphatic rings. The van der Waals surface area contributed by atoms with E-state index in [-0.39, 0.29) is 10.9 Å². The number of aromatic amines is 1. The molecule has 2 aromatic rings. The molecule has 0 unspecified atom stereocenters. The van der Waals surface area contributed by atoms with Gasteiger partial charge in [-0.25, -0.2) is 0 Å². The van der Waals surface area contributed by atoms with Crippen molar-refractivity contribution in [3.05, 3.63) is 42.1 Å². The number of carbonyl (C=O) groups excluding carboxylic acids is 1. The Morgan fingerprint density at radius 2 is 2.11 bits per heavy atom. The van der Waals surface area contributed by atoms with E-state index in [2.05, 4.69) is 20.2 Å². The summed E-state index contributed by atoms with van der Waals surface area (Å²) in [5.74, 6) is -0.289. The highest BCUT2D eigenvalue weighted by molar-refractivity contribution is 7.92. The fourth-order valence-corrected chi connectivity index (χ4v) is 2.43. The van der Waals surface area contributed by atoms with Gasteiger partial charge in [0.2, 0.25) is 0 Å². The molecule has 2 rings (SSSR count). The van der Waals surface area contributed by atoms with E-state index in [9.17, 15) is 13.2 Å². The monoisotopic (exact) mass is 280 g/mol. The summed E-state index contributed by atoms with van der Waals surface area (Å²) in [5, 5.41) is 8.37. The second kappa shape index (κ2) is 5.11. The van der Waals surface area contributed by atoms with Gasteiger partial charge in [-0.15, -0.1) is 0 Å². The Labute approximate surface area is 110 Å². The molecule has 0 saturated carbocycles. The predicted octanol–water partition coefficient (Wildman–Crippen LogP) is 0.570. The molecule has 0 atom stereocenters. The van der Waals surface area contributed by atoms with Crippen molar-refractivity contribution in [3.8, 4) is 0 Å². The fraction of sp³-hybridized carbons (Fsp3) is 0.0909. The first-order chi connectivity index (χ1) is 9.03. The first-order valence-electron chi connectivity index (χ1n) is 5.37. The third-order valence-corrected chi connectivity index (χ3v) is 3.68. The van der Waals surface area contributed by atoms with Crippen molar-refractivity contribution >= 4 is 21.6 Å². The zero-order chi connectivity index (χ0) is 13.9. The molecule has 8 heteroatoms. The summed E-state index contributed by atoms with van der Waals surface area (Å²) >= 11 is 0. The Morgan fingerprint density at radius 1 is 1.32 bits per heavy atom. The molecule has 1 heterocycles. The first kappa shape index (κ1) is 13.1. The van der Waals surface area contributed by atoms with Crippen LogP contribution in [0.1, 0.15) is 10.4 Å². The lowest BCUT2D eigenvalue weighted by Gasteiger charge is -2.07. The fourth-order valence-electron chi connectivity index (χ4n) is 1.47. The quantitative estimate of drug-likeness (QED) is 0.761. The van der Waals surface area contributed by atoms with Crippen LogP contribution >= 0.6 is 0 Å². The van der Waals surface area contributed by atoms with Crippen LogP contribution in [0.4, 0.5) is 5.69 Å². The molecule has 0 radical (unpaired) electrons. The van der Waals surface area contributed by atoms with E-state index in [0.717, 1.165) is 0 Å². The minimum Gasteiger partial charge on any atom is -0.355 e. The zero-order valence-corrected chi connectivity index (χ0v) is 10.9. The van der Waals surface area contributed by atoms with Crippen LogP contribution in [-0.4, -0.2) is 31.6 Å². The van der Waals surface area contributed by atoms with E-state index in [1.165, 1.54) is 25.4 Å². The van der Waals surface area contributed by atoms with Gasteiger partial charge in [0.05, 0.1) is 6.20 Å². The number of aromatic nitrogens is 2. The molecule has 0 spiro atoms. The topological polar surface area (TPSA) is 104 Å². The standard InChI is InChI=1S/C11H12N4O3S/c1-12-11(16)8-3-2-4-9(7-8)15-19(17,18)10-5-6-13-14-10/h2-7,15H,1H3,(H,12,16)(H,13,14). The molecule has 1 aromatic carbocycles. The summed E-state index contributed by atoms with van der Waals surface area (Å²) in [6, 6.07) is 7.53. The Kier molecular flexibility index (Phi) is 3.52. The maximum Gasteiger partial charge on any atom is 0.278 e. The number of rotatable bonds is 4. The van der Waals surface area contributed by atoms with Crippen LogP contribution in [0.15, 0.2) is 41.6 Å². The summed E-state index contributed by atoms with van der Waals surface area (Å²) in [7, 11) is -2.22. The number of hydrogen-bond acceptors (Lipinski definition) is 4. The van der Waals surface area contributed by atoms with Gasteiger partial charge in [-0.2, -0.15) is 13.5 Å². The van der Waals surface area contributed by atoms with Crippen LogP contribution in [0.3, 0.4) is 0 Å². The van der Waals surface area contributed by atoms with Crippen molar-refractivity contribution in [1.29, 1.82) is 0 Å². The number of nitrogens with zero attached hydrogens (tertiary/aromatic N) is 1. The van der Waals surface area contributed by atoms with Crippen LogP contribution in [0.25, 0.3) is 0 Å². The Hall–Kier alpha value is -2.35. The zero-order valence-electron chi connectivity index (χ0n) is 10.0. The summed E-state index contributed by atoms with van der Waals surface area (Å²) in [6.45, 7) is 0. The van der Waals surface area contributed by atoms with Crippen molar-refractivity contribution < 1.29 is 13.2 Å². The van der Waals surface area contributed by atoms with E-state index in [1.54, 1.807) is 18.2 Å². The minimum absolute atomic E-state index is 0.0437. The van der Waals surface area contributed by atoms with Crippen molar-refractivity contribution in [2.24, 2.45) is 0 Å². The lowest BCUT2D eigenvalue weighted by molar-refractivity contribution is 0.0963. The average Bonchev–Trinajstić information content (AvgIpc) is 2.92. The Balaban J connectivity index is 2.27. The van der Waals surface area contributed by atoms with Gasteiger partial charge in [-0.3, -0.25) is 14.6 Å². The van der Waals surface area contributed by atoms with Crippen molar-refractivity contribution in [1.82, 2.24) is 15.5 Å². The number of H-pyrrole nitrogens is 1. The maximum atomic E-state index is 11.9. The van der Waals surface area contributed by atoms with E-state index in [1.807, 2.05) is 0 Å². The molecule has 19 heavy (non-hydrogen) atoms. The predicted molar refractivity (Wildman–Crippen MR) is 69.2 cm³/mol. The number of sulfonamides is 1. The third kappa shape index (κ3) is 2.91. The van der Waals surface area contributed by atoms with Crippen LogP contribution < -0.4 is 10.0 Å². The van der Waals surface area contributed by atoms with Gasteiger partial charge in [0.25, 0.3) is 15.9 Å². The van der Waals surface area contributed by atoms with Crippen LogP contribution in [0.2, 0.25) is 0 Å². The highest BCUT2D eigenvalue weighted by atomic mass is 32.2. The largest absolute Gasteiger partial charge is 0.355 e. The summed E-state index contributed by atoms with van der Waals surface area (Å²) in [6.07, 6.45) is 1.34. The maximum absolute atomic E-state index is 11.9. The molecule has 1 amide bonds. The van der Waals surface area contributed by atoms with E-state index < -0.39 is 10.0 Å². The number of benzene rings is 1. The van der Waals surface area contributed by atoms with Crippen LogP contribution in [0.5, 0.6) is 0 Å². The van der Waals surface area contributed by atoms with Gasteiger partial charge in [-0.05, 0) is 24.3 Å². The van der Waals surface area contributed by atoms with Crippen LogP contribution in [0, 0.1) is 0 Å². The van der Waals surface area contributed by atoms with Crippen molar-refractivity contribution in [3.63, 3.8) is 0 Å². The number of anilines is 1. The SMILES string of the molecule is CNC(=O)c1cccc(NS(=O)(=O)c2ccn[nH]2)c1. The molecule has 3 N–H and O–H groups in total. The molecular weight excluding hydrogens is 268 g/mol. The third-order valence-electron chi connectivity index (χ3n) is 2.37. The van der Waals surface area contributed by atoms with Gasteiger partial charge >= 0.3 is 0 Å². The second-order valence-electron chi connectivity index (χ2n) is 3.69. The van der Waals surface area contributed by atoms with Gasteiger partial charge in [-0.1, -0.05) is 6.07 Å². The molecule has 0 saturated heterocycles. The number of hydrogen-bond donors (Lipinski definition) is 3. The lowest BCUT2D eigenvalue weighted by atomic mass is 10.2. The molecule has 100 valence electrons. The smallest absolute Gasteiger partial charge is 0.278 e. The molecule has 0 aliphatic carbocycles. The molecule has 0 fully saturated rings. The van der Waals surface area contributed by atoms with Gasteiger partial charge in [0, 0.05) is 18.3 Å². The normalized spacial score (nSPS) is 11.0. The van der Waals surface area contributed by atoms with Gasteiger partial charge in [0.15, 0.2) is 5.03 Å². The summed E-state index contributed by atoms with van der Waals surface area (Å²) in [4.78, 5) is 11.5. The van der Waals surface area contributed by atoms with Crippen LogP contribution in [-0.2, 0) is 10.0 Å². The highest BCUT2D eigenvalue weighted by Gasteiger charge is 2.16. The average molecular weight is 280 g/mol. The molecule has 0 aliphatic heterocycles. The molecule has 1 aromatic heterocycles. The van der Waals surface area contributed by atoms with E-state index in [0.29, 0.717) is 11.3 Å². The highest BCUT2D eigenvalue weighted by Crippen LogP contribution is 2.15. The second-order valence-corrected chi connectivity index (χ2v) is 5.34. The first-order valence-corrected chi connectivity index (χ1v) is 6.85. The molecule has 0 bridgehead atoms. The summed E-state index contributed by atoms with van der Waals surface area (Å²) in [5.41, 5.74) is 0.669. The number of nitrogens with one attached hydrogen (secondary N) is 3. The van der Waals surface area contributed by atoms with E-state index in [4.69, 9.17) is 0 Å². The molecular formula is C11H12N4O3S. The van der Waals surface area contributed by atoms with Crippen molar-refractivity contribution in [2.75, 3.05) is 11.8 Å². The number of carbonyl (C=O) groups is 1. The van der Waals surface area contributed by atoms with E-state index >= 15 is 0 Å². The molecule has 7 nitrogen and oxygen atoms in total. The van der Waals surface area contributed by atoms with Gasteiger partial charge < -0.3 is 5.32 Å². The van der Waals surface area contributed by atoms with Gasteiger partial charge in [0.1, 0.15) is 0 Å². The number of amides is 1. The minimum atomic E-state index is -3.72. The Bertz CT molecular complexity index is 680. The lowest BCUT2D eigenvalue weighted by Crippen LogP contribution is -2.18. The summed E-state index contributed by atoms with van der Waals surface area (Å²) < 4.78 is 26.2.